The molecule has 6 nitrogen and oxygen atoms in total. The molecule has 3 amide bonds. The van der Waals surface area contributed by atoms with Crippen LogP contribution in [0, 0.1) is 5.82 Å². The topological polar surface area (TPSA) is 78.5 Å². The Balaban J connectivity index is 1.61. The van der Waals surface area contributed by atoms with Crippen LogP contribution in [0.2, 0.25) is 0 Å². The number of carbonyl (C=O) groups excluding carboxylic acids is 3. The molecule has 7 heteroatoms. The maximum Gasteiger partial charge on any atom is 0.309 e. The molecule has 2 rings (SSSR count). The van der Waals surface area contributed by atoms with Crippen LogP contribution in [0.3, 0.4) is 0 Å². The van der Waals surface area contributed by atoms with E-state index in [1.165, 1.54) is 12.1 Å². The molecular formula is C16H20FN3O3. The van der Waals surface area contributed by atoms with Gasteiger partial charge in [-0.25, -0.2) is 4.39 Å². The lowest BCUT2D eigenvalue weighted by Gasteiger charge is -2.15. The quantitative estimate of drug-likeness (QED) is 0.594. The van der Waals surface area contributed by atoms with Gasteiger partial charge in [0, 0.05) is 32.6 Å². The Kier molecular flexibility index (Phi) is 6.08. The Hall–Kier alpha value is -2.44. The van der Waals surface area contributed by atoms with Gasteiger partial charge >= 0.3 is 11.8 Å². The highest BCUT2D eigenvalue weighted by Crippen LogP contribution is 2.09. The van der Waals surface area contributed by atoms with Crippen LogP contribution < -0.4 is 10.6 Å². The van der Waals surface area contributed by atoms with E-state index in [2.05, 4.69) is 10.6 Å². The lowest BCUT2D eigenvalue weighted by molar-refractivity contribution is -0.139. The van der Waals surface area contributed by atoms with Crippen molar-refractivity contribution in [2.24, 2.45) is 0 Å². The van der Waals surface area contributed by atoms with Gasteiger partial charge in [0.1, 0.15) is 5.82 Å². The number of nitrogens with one attached hydrogen (secondary N) is 2. The van der Waals surface area contributed by atoms with Gasteiger partial charge in [-0.15, -0.1) is 0 Å². The monoisotopic (exact) mass is 321 g/mol. The number of carbonyl (C=O) groups is 3. The molecule has 0 aliphatic carbocycles. The molecule has 1 aromatic rings. The van der Waals surface area contributed by atoms with E-state index < -0.39 is 11.8 Å². The molecule has 0 bridgehead atoms. The molecule has 0 radical (unpaired) electrons. The highest BCUT2D eigenvalue weighted by Gasteiger charge is 2.19. The third-order valence-electron chi connectivity index (χ3n) is 3.63. The van der Waals surface area contributed by atoms with E-state index in [4.69, 9.17) is 0 Å². The molecule has 0 unspecified atom stereocenters. The Morgan fingerprint density at radius 2 is 1.83 bits per heavy atom. The molecule has 1 fully saturated rings. The van der Waals surface area contributed by atoms with Gasteiger partial charge in [0.25, 0.3) is 0 Å². The second-order valence-corrected chi connectivity index (χ2v) is 5.40. The molecule has 0 spiro atoms. The van der Waals surface area contributed by atoms with Crippen molar-refractivity contribution < 1.29 is 18.8 Å². The number of amides is 3. The molecule has 2 N–H and O–H groups in total. The predicted molar refractivity (Wildman–Crippen MR) is 81.7 cm³/mol. The lowest BCUT2D eigenvalue weighted by Crippen LogP contribution is -2.40. The van der Waals surface area contributed by atoms with Crippen LogP contribution in [-0.4, -0.2) is 42.3 Å². The van der Waals surface area contributed by atoms with Gasteiger partial charge < -0.3 is 15.5 Å². The van der Waals surface area contributed by atoms with Crippen molar-refractivity contribution in [1.82, 2.24) is 15.5 Å². The van der Waals surface area contributed by atoms with Crippen LogP contribution in [0.1, 0.15) is 24.8 Å². The van der Waals surface area contributed by atoms with Gasteiger partial charge in [0.05, 0.1) is 0 Å². The number of halogens is 1. The molecule has 1 saturated heterocycles. The number of benzene rings is 1. The van der Waals surface area contributed by atoms with Gasteiger partial charge in [-0.3, -0.25) is 14.4 Å². The van der Waals surface area contributed by atoms with E-state index in [1.807, 2.05) is 0 Å². The van der Waals surface area contributed by atoms with Gasteiger partial charge in [-0.2, -0.15) is 0 Å². The molecule has 124 valence electrons. The number of hydrogen-bond acceptors (Lipinski definition) is 3. The van der Waals surface area contributed by atoms with E-state index in [0.717, 1.165) is 13.0 Å². The summed E-state index contributed by atoms with van der Waals surface area (Å²) in [5.74, 6) is -1.64. The normalized spacial score (nSPS) is 14.0. The fourth-order valence-corrected chi connectivity index (χ4v) is 2.36. The summed E-state index contributed by atoms with van der Waals surface area (Å²) in [6.45, 7) is 1.86. The highest BCUT2D eigenvalue weighted by molar-refractivity contribution is 6.35. The van der Waals surface area contributed by atoms with Crippen molar-refractivity contribution in [3.05, 3.63) is 35.6 Å². The molecule has 1 aliphatic heterocycles. The van der Waals surface area contributed by atoms with Crippen LogP contribution in [0.15, 0.2) is 24.3 Å². The predicted octanol–water partition coefficient (Wildman–Crippen LogP) is 0.571. The Morgan fingerprint density at radius 3 is 2.48 bits per heavy atom. The molecular weight excluding hydrogens is 301 g/mol. The summed E-state index contributed by atoms with van der Waals surface area (Å²) < 4.78 is 12.7. The summed E-state index contributed by atoms with van der Waals surface area (Å²) in [6.07, 6.45) is 2.10. The largest absolute Gasteiger partial charge is 0.348 e. The van der Waals surface area contributed by atoms with E-state index in [-0.39, 0.29) is 18.3 Å². The molecule has 1 aliphatic rings. The van der Waals surface area contributed by atoms with Crippen molar-refractivity contribution in [1.29, 1.82) is 0 Å². The van der Waals surface area contributed by atoms with Crippen molar-refractivity contribution in [2.75, 3.05) is 19.6 Å². The highest BCUT2D eigenvalue weighted by atomic mass is 19.1. The van der Waals surface area contributed by atoms with E-state index in [1.54, 1.807) is 17.0 Å². The minimum absolute atomic E-state index is 0.147. The zero-order valence-electron chi connectivity index (χ0n) is 12.8. The fourth-order valence-electron chi connectivity index (χ4n) is 2.36. The van der Waals surface area contributed by atoms with Gasteiger partial charge in [-0.05, 0) is 30.5 Å². The summed E-state index contributed by atoms with van der Waals surface area (Å²) in [4.78, 5) is 36.4. The first kappa shape index (κ1) is 16.9. The molecule has 0 saturated carbocycles. The summed E-state index contributed by atoms with van der Waals surface area (Å²) >= 11 is 0. The number of likely N-dealkylation sites (tertiary alicyclic amines) is 1. The molecule has 0 aromatic heterocycles. The Bertz CT molecular complexity index is 574. The number of rotatable bonds is 6. The lowest BCUT2D eigenvalue weighted by atomic mass is 10.2. The maximum atomic E-state index is 12.7. The second kappa shape index (κ2) is 8.26. The fraction of sp³-hybridized carbons (Fsp3) is 0.438. The van der Waals surface area contributed by atoms with Crippen molar-refractivity contribution >= 4 is 17.7 Å². The van der Waals surface area contributed by atoms with E-state index in [9.17, 15) is 18.8 Å². The minimum atomic E-state index is -0.730. The van der Waals surface area contributed by atoms with Gasteiger partial charge in [0.15, 0.2) is 0 Å². The zero-order chi connectivity index (χ0) is 16.7. The zero-order valence-corrected chi connectivity index (χ0v) is 12.8. The second-order valence-electron chi connectivity index (χ2n) is 5.40. The summed E-state index contributed by atoms with van der Waals surface area (Å²) in [6, 6.07) is 5.67. The summed E-state index contributed by atoms with van der Waals surface area (Å²) in [7, 11) is 0. The first-order chi connectivity index (χ1) is 11.1. The van der Waals surface area contributed by atoms with Gasteiger partial charge in [-0.1, -0.05) is 12.1 Å². The maximum absolute atomic E-state index is 12.7. The van der Waals surface area contributed by atoms with Crippen LogP contribution in [0.25, 0.3) is 0 Å². The van der Waals surface area contributed by atoms with Crippen LogP contribution in [0.5, 0.6) is 0 Å². The number of hydrogen-bond donors (Lipinski definition) is 2. The van der Waals surface area contributed by atoms with Crippen LogP contribution >= 0.6 is 0 Å². The Labute approximate surface area is 134 Å². The average Bonchev–Trinajstić information content (AvgIpc) is 2.95. The molecule has 1 aromatic carbocycles. The molecule has 0 atom stereocenters. The first-order valence-electron chi connectivity index (χ1n) is 7.64. The smallest absolute Gasteiger partial charge is 0.309 e. The molecule has 23 heavy (non-hydrogen) atoms. The van der Waals surface area contributed by atoms with E-state index >= 15 is 0 Å². The third kappa shape index (κ3) is 5.36. The molecule has 1 heterocycles. The Morgan fingerprint density at radius 1 is 1.13 bits per heavy atom. The van der Waals surface area contributed by atoms with Crippen LogP contribution in [0.4, 0.5) is 4.39 Å². The van der Waals surface area contributed by atoms with Crippen molar-refractivity contribution in [3.8, 4) is 0 Å². The van der Waals surface area contributed by atoms with Crippen molar-refractivity contribution in [2.45, 2.75) is 25.8 Å². The standard InChI is InChI=1S/C16H20FN3O3/c17-13-6-4-12(5-7-13)11-19-16(23)15(22)18-8-2-10-20-9-1-3-14(20)21/h4-7H,1-3,8-11H2,(H,18,22)(H,19,23). The minimum Gasteiger partial charge on any atom is -0.348 e. The first-order valence-corrected chi connectivity index (χ1v) is 7.64. The van der Waals surface area contributed by atoms with E-state index in [0.29, 0.717) is 31.5 Å². The summed E-state index contributed by atoms with van der Waals surface area (Å²) in [5.41, 5.74) is 0.708. The van der Waals surface area contributed by atoms with Crippen LogP contribution in [-0.2, 0) is 20.9 Å². The van der Waals surface area contributed by atoms with Gasteiger partial charge in [0.2, 0.25) is 5.91 Å². The summed E-state index contributed by atoms with van der Waals surface area (Å²) in [5, 5.41) is 4.99. The van der Waals surface area contributed by atoms with Crippen molar-refractivity contribution in [3.63, 3.8) is 0 Å². The number of nitrogens with zero attached hydrogens (tertiary/aromatic N) is 1. The third-order valence-corrected chi connectivity index (χ3v) is 3.63. The average molecular weight is 321 g/mol. The SMILES string of the molecule is O=C(NCCCN1CCCC1=O)C(=O)NCc1ccc(F)cc1.